The van der Waals surface area contributed by atoms with Crippen molar-refractivity contribution in [1.82, 2.24) is 0 Å². The standard InChI is InChI=1S/C39H78/c1-7-10-13-15-16-21-26-31-38-36(29-24-20-17-18-22-27-34-39(4,5)6)33-32-35(28-23-12-9-3)37(38)30-25-19-14-11-8-2/h35-38H,7-34H2,1-6H3. The van der Waals surface area contributed by atoms with Gasteiger partial charge in [-0.05, 0) is 61.2 Å². The lowest BCUT2D eigenvalue weighted by Gasteiger charge is -2.44. The summed E-state index contributed by atoms with van der Waals surface area (Å²) < 4.78 is 0. The molecule has 0 radical (unpaired) electrons. The molecule has 1 aliphatic carbocycles. The largest absolute Gasteiger partial charge is 0.0654 e. The van der Waals surface area contributed by atoms with Gasteiger partial charge in [-0.1, -0.05) is 189 Å². The Balaban J connectivity index is 2.64. The average Bonchev–Trinajstić information content (AvgIpc) is 2.90. The topological polar surface area (TPSA) is 0 Å². The van der Waals surface area contributed by atoms with E-state index in [1.165, 1.54) is 141 Å². The lowest BCUT2D eigenvalue weighted by Crippen LogP contribution is -2.35. The van der Waals surface area contributed by atoms with Crippen LogP contribution in [0.4, 0.5) is 0 Å². The van der Waals surface area contributed by atoms with Gasteiger partial charge >= 0.3 is 0 Å². The Labute approximate surface area is 250 Å². The van der Waals surface area contributed by atoms with Crippen molar-refractivity contribution in [2.75, 3.05) is 0 Å². The molecule has 0 heteroatoms. The van der Waals surface area contributed by atoms with Gasteiger partial charge in [-0.2, -0.15) is 0 Å². The van der Waals surface area contributed by atoms with Crippen molar-refractivity contribution in [2.24, 2.45) is 29.1 Å². The molecule has 0 aromatic heterocycles. The Hall–Kier alpha value is 0. The van der Waals surface area contributed by atoms with Crippen LogP contribution in [0.1, 0.15) is 221 Å². The first-order valence-corrected chi connectivity index (χ1v) is 18.9. The maximum Gasteiger partial charge on any atom is -0.0355 e. The summed E-state index contributed by atoms with van der Waals surface area (Å²) in [6.45, 7) is 14.3. The van der Waals surface area contributed by atoms with Crippen LogP contribution in [-0.4, -0.2) is 0 Å². The molecule has 1 fully saturated rings. The Morgan fingerprint density at radius 3 is 1.10 bits per heavy atom. The SMILES string of the molecule is CCCCCCCCCC1C(CCCCCCCCC(C)(C)C)CCC(CCCCC)C1CCCCCCC. The van der Waals surface area contributed by atoms with E-state index in [4.69, 9.17) is 0 Å². The molecule has 0 N–H and O–H groups in total. The molecule has 4 unspecified atom stereocenters. The highest BCUT2D eigenvalue weighted by molar-refractivity contribution is 4.88. The first kappa shape index (κ1) is 37.0. The van der Waals surface area contributed by atoms with E-state index in [2.05, 4.69) is 41.5 Å². The fraction of sp³-hybridized carbons (Fsp3) is 1.00. The predicted octanol–water partition coefficient (Wildman–Crippen LogP) is 14.5. The van der Waals surface area contributed by atoms with Crippen molar-refractivity contribution >= 4 is 0 Å². The first-order valence-electron chi connectivity index (χ1n) is 18.9. The van der Waals surface area contributed by atoms with Gasteiger partial charge in [0.2, 0.25) is 0 Å². The molecule has 1 saturated carbocycles. The highest BCUT2D eigenvalue weighted by Crippen LogP contribution is 2.47. The third kappa shape index (κ3) is 19.7. The molecule has 1 aliphatic rings. The molecule has 0 spiro atoms. The number of hydrogen-bond donors (Lipinski definition) is 0. The quantitative estimate of drug-likeness (QED) is 0.0946. The second-order valence-electron chi connectivity index (χ2n) is 15.3. The second kappa shape index (κ2) is 24.6. The summed E-state index contributed by atoms with van der Waals surface area (Å²) in [5, 5.41) is 0. The van der Waals surface area contributed by atoms with Gasteiger partial charge in [0.15, 0.2) is 0 Å². The van der Waals surface area contributed by atoms with Crippen LogP contribution in [0.25, 0.3) is 0 Å². The van der Waals surface area contributed by atoms with Crippen LogP contribution >= 0.6 is 0 Å². The van der Waals surface area contributed by atoms with Crippen molar-refractivity contribution in [3.8, 4) is 0 Å². The van der Waals surface area contributed by atoms with E-state index < -0.39 is 0 Å². The highest BCUT2D eigenvalue weighted by Gasteiger charge is 2.37. The van der Waals surface area contributed by atoms with Gasteiger partial charge in [0, 0.05) is 0 Å². The van der Waals surface area contributed by atoms with E-state index in [9.17, 15) is 0 Å². The van der Waals surface area contributed by atoms with Crippen LogP contribution in [0.2, 0.25) is 0 Å². The van der Waals surface area contributed by atoms with Crippen molar-refractivity contribution in [1.29, 1.82) is 0 Å². The van der Waals surface area contributed by atoms with Crippen LogP contribution in [0.5, 0.6) is 0 Å². The lowest BCUT2D eigenvalue weighted by atomic mass is 9.61. The first-order chi connectivity index (χ1) is 18.9. The minimum atomic E-state index is 0.520. The van der Waals surface area contributed by atoms with E-state index in [1.807, 2.05) is 0 Å². The van der Waals surface area contributed by atoms with Gasteiger partial charge in [0.05, 0.1) is 0 Å². The van der Waals surface area contributed by atoms with Crippen LogP contribution in [-0.2, 0) is 0 Å². The van der Waals surface area contributed by atoms with E-state index in [0.717, 1.165) is 23.7 Å². The molecule has 0 nitrogen and oxygen atoms in total. The summed E-state index contributed by atoms with van der Waals surface area (Å²) in [5.41, 5.74) is 0.520. The summed E-state index contributed by atoms with van der Waals surface area (Å²) in [6.07, 6.45) is 41.6. The zero-order valence-corrected chi connectivity index (χ0v) is 28.6. The van der Waals surface area contributed by atoms with Gasteiger partial charge in [-0.25, -0.2) is 0 Å². The Bertz CT molecular complexity index is 499. The molecule has 0 heterocycles. The molecule has 0 bridgehead atoms. The number of unbranched alkanes of at least 4 members (excludes halogenated alkanes) is 17. The van der Waals surface area contributed by atoms with E-state index in [-0.39, 0.29) is 0 Å². The van der Waals surface area contributed by atoms with Gasteiger partial charge < -0.3 is 0 Å². The van der Waals surface area contributed by atoms with Crippen LogP contribution in [0, 0.1) is 29.1 Å². The third-order valence-electron chi connectivity index (χ3n) is 10.4. The molecule has 0 saturated heterocycles. The molecule has 0 aromatic carbocycles. The van der Waals surface area contributed by atoms with E-state index in [0.29, 0.717) is 5.41 Å². The smallest absolute Gasteiger partial charge is 0.0355 e. The zero-order chi connectivity index (χ0) is 28.6. The summed E-state index contributed by atoms with van der Waals surface area (Å²) in [5.74, 6) is 4.21. The third-order valence-corrected chi connectivity index (χ3v) is 10.4. The summed E-state index contributed by atoms with van der Waals surface area (Å²) >= 11 is 0. The van der Waals surface area contributed by atoms with Gasteiger partial charge in [0.1, 0.15) is 0 Å². The van der Waals surface area contributed by atoms with Gasteiger partial charge in [0.25, 0.3) is 0 Å². The Kier molecular flexibility index (Phi) is 23.3. The van der Waals surface area contributed by atoms with Gasteiger partial charge in [-0.15, -0.1) is 0 Å². The van der Waals surface area contributed by atoms with Crippen molar-refractivity contribution in [2.45, 2.75) is 221 Å². The molecular weight excluding hydrogens is 468 g/mol. The van der Waals surface area contributed by atoms with Gasteiger partial charge in [-0.3, -0.25) is 0 Å². The molecule has 234 valence electrons. The van der Waals surface area contributed by atoms with E-state index in [1.54, 1.807) is 38.5 Å². The van der Waals surface area contributed by atoms with Crippen LogP contribution in [0.3, 0.4) is 0 Å². The second-order valence-corrected chi connectivity index (χ2v) is 15.3. The molecule has 1 rings (SSSR count). The normalized spacial score (nSPS) is 22.0. The van der Waals surface area contributed by atoms with Crippen molar-refractivity contribution < 1.29 is 0 Å². The molecule has 4 atom stereocenters. The predicted molar refractivity (Wildman–Crippen MR) is 180 cm³/mol. The molecule has 0 amide bonds. The van der Waals surface area contributed by atoms with E-state index >= 15 is 0 Å². The number of hydrogen-bond acceptors (Lipinski definition) is 0. The minimum absolute atomic E-state index is 0.520. The average molecular weight is 547 g/mol. The van der Waals surface area contributed by atoms with Crippen molar-refractivity contribution in [3.05, 3.63) is 0 Å². The lowest BCUT2D eigenvalue weighted by molar-refractivity contribution is 0.0581. The maximum atomic E-state index is 2.40. The fourth-order valence-corrected chi connectivity index (χ4v) is 7.92. The molecular formula is C39H78. The monoisotopic (exact) mass is 547 g/mol. The summed E-state index contributed by atoms with van der Waals surface area (Å²) in [7, 11) is 0. The zero-order valence-electron chi connectivity index (χ0n) is 28.6. The van der Waals surface area contributed by atoms with Crippen LogP contribution in [0.15, 0.2) is 0 Å². The molecule has 39 heavy (non-hydrogen) atoms. The van der Waals surface area contributed by atoms with Crippen LogP contribution < -0.4 is 0 Å². The molecule has 0 aliphatic heterocycles. The number of rotatable bonds is 26. The minimum Gasteiger partial charge on any atom is -0.0654 e. The summed E-state index contributed by atoms with van der Waals surface area (Å²) in [6, 6.07) is 0. The Morgan fingerprint density at radius 2 is 0.692 bits per heavy atom. The fourth-order valence-electron chi connectivity index (χ4n) is 7.92. The highest BCUT2D eigenvalue weighted by atomic mass is 14.4. The molecule has 0 aromatic rings. The maximum absolute atomic E-state index is 2.40. The Morgan fingerprint density at radius 1 is 0.385 bits per heavy atom. The van der Waals surface area contributed by atoms with Crippen molar-refractivity contribution in [3.63, 3.8) is 0 Å². The summed E-state index contributed by atoms with van der Waals surface area (Å²) in [4.78, 5) is 0.